The van der Waals surface area contributed by atoms with Gasteiger partial charge >= 0.3 is 0 Å². The van der Waals surface area contributed by atoms with Crippen LogP contribution in [0.5, 0.6) is 5.75 Å². The fourth-order valence-electron chi connectivity index (χ4n) is 3.63. The lowest BCUT2D eigenvalue weighted by molar-refractivity contribution is -0.141. The Bertz CT molecular complexity index is 919. The summed E-state index contributed by atoms with van der Waals surface area (Å²) >= 11 is 0. The summed E-state index contributed by atoms with van der Waals surface area (Å²) < 4.78 is 5.20. The molecule has 1 atom stereocenters. The number of nitrogens with zero attached hydrogens (tertiary/aromatic N) is 2. The van der Waals surface area contributed by atoms with Gasteiger partial charge in [-0.05, 0) is 30.2 Å². The fraction of sp³-hybridized carbons (Fsp3) is 0.348. The first-order valence-electron chi connectivity index (χ1n) is 10.3. The van der Waals surface area contributed by atoms with Gasteiger partial charge in [-0.15, -0.1) is 0 Å². The van der Waals surface area contributed by atoms with Crippen LogP contribution in [-0.4, -0.2) is 67.0 Å². The van der Waals surface area contributed by atoms with Crippen molar-refractivity contribution >= 4 is 17.7 Å². The average molecular weight is 425 g/mol. The maximum atomic E-state index is 13.2. The molecule has 0 bridgehead atoms. The monoisotopic (exact) mass is 424 g/mol. The van der Waals surface area contributed by atoms with Gasteiger partial charge in [0, 0.05) is 38.2 Å². The summed E-state index contributed by atoms with van der Waals surface area (Å²) in [5, 5.41) is 2.72. The topological polar surface area (TPSA) is 105 Å². The van der Waals surface area contributed by atoms with Crippen LogP contribution in [-0.2, 0) is 16.0 Å². The number of aryl methyl sites for hydroxylation is 1. The number of nitrogens with one attached hydrogen (secondary N) is 1. The highest BCUT2D eigenvalue weighted by atomic mass is 16.5. The highest BCUT2D eigenvalue weighted by Crippen LogP contribution is 2.22. The van der Waals surface area contributed by atoms with E-state index in [9.17, 15) is 14.4 Å². The molecule has 0 radical (unpaired) electrons. The molecule has 1 fully saturated rings. The van der Waals surface area contributed by atoms with Crippen LogP contribution < -0.4 is 15.8 Å². The van der Waals surface area contributed by atoms with E-state index >= 15 is 0 Å². The van der Waals surface area contributed by atoms with Crippen molar-refractivity contribution in [2.75, 3.05) is 33.3 Å². The number of methoxy groups -OCH3 is 1. The second-order valence-electron chi connectivity index (χ2n) is 7.26. The number of hydrogen-bond acceptors (Lipinski definition) is 5. The van der Waals surface area contributed by atoms with E-state index in [-0.39, 0.29) is 37.9 Å². The SMILES string of the molecule is COc1cccc(C(=O)N2CCN(C(=O)CCc3ccccc3)C2C(=O)NCCN)c1. The number of rotatable bonds is 8. The minimum Gasteiger partial charge on any atom is -0.497 e. The van der Waals surface area contributed by atoms with Crippen LogP contribution in [0.3, 0.4) is 0 Å². The van der Waals surface area contributed by atoms with Crippen molar-refractivity contribution < 1.29 is 19.1 Å². The van der Waals surface area contributed by atoms with E-state index in [4.69, 9.17) is 10.5 Å². The van der Waals surface area contributed by atoms with Gasteiger partial charge in [-0.3, -0.25) is 14.4 Å². The molecule has 3 N–H and O–H groups in total. The van der Waals surface area contributed by atoms with E-state index in [0.29, 0.717) is 24.3 Å². The Hall–Kier alpha value is -3.39. The van der Waals surface area contributed by atoms with Gasteiger partial charge in [0.15, 0.2) is 6.17 Å². The second-order valence-corrected chi connectivity index (χ2v) is 7.26. The molecule has 2 aromatic rings. The third-order valence-corrected chi connectivity index (χ3v) is 5.22. The van der Waals surface area contributed by atoms with Crippen LogP contribution in [0.15, 0.2) is 54.6 Å². The molecule has 0 aromatic heterocycles. The number of benzene rings is 2. The van der Waals surface area contributed by atoms with Crippen LogP contribution in [0.2, 0.25) is 0 Å². The Morgan fingerprint density at radius 2 is 1.81 bits per heavy atom. The van der Waals surface area contributed by atoms with E-state index in [1.807, 2.05) is 30.3 Å². The zero-order valence-corrected chi connectivity index (χ0v) is 17.6. The third-order valence-electron chi connectivity index (χ3n) is 5.22. The largest absolute Gasteiger partial charge is 0.497 e. The number of hydrogen-bond donors (Lipinski definition) is 2. The molecule has 164 valence electrons. The minimum absolute atomic E-state index is 0.169. The van der Waals surface area contributed by atoms with Crippen molar-refractivity contribution in [1.29, 1.82) is 0 Å². The molecule has 3 rings (SSSR count). The zero-order chi connectivity index (χ0) is 22.2. The second kappa shape index (κ2) is 10.6. The van der Waals surface area contributed by atoms with Gasteiger partial charge in [0.1, 0.15) is 5.75 Å². The van der Waals surface area contributed by atoms with Crippen molar-refractivity contribution in [3.8, 4) is 5.75 Å². The molecule has 3 amide bonds. The van der Waals surface area contributed by atoms with Crippen molar-refractivity contribution in [3.05, 3.63) is 65.7 Å². The van der Waals surface area contributed by atoms with Gasteiger partial charge < -0.3 is 25.6 Å². The molecule has 1 heterocycles. The lowest BCUT2D eigenvalue weighted by Crippen LogP contribution is -2.54. The first-order chi connectivity index (χ1) is 15.0. The van der Waals surface area contributed by atoms with Gasteiger partial charge in [0.2, 0.25) is 5.91 Å². The Labute approximate surface area is 182 Å². The highest BCUT2D eigenvalue weighted by Gasteiger charge is 2.42. The van der Waals surface area contributed by atoms with Crippen molar-refractivity contribution in [1.82, 2.24) is 15.1 Å². The quantitative estimate of drug-likeness (QED) is 0.658. The smallest absolute Gasteiger partial charge is 0.263 e. The minimum atomic E-state index is -1.01. The molecule has 31 heavy (non-hydrogen) atoms. The fourth-order valence-corrected chi connectivity index (χ4v) is 3.63. The lowest BCUT2D eigenvalue weighted by atomic mass is 10.1. The predicted molar refractivity (Wildman–Crippen MR) is 116 cm³/mol. The molecule has 1 unspecified atom stereocenters. The summed E-state index contributed by atoms with van der Waals surface area (Å²) in [6.45, 7) is 1.10. The van der Waals surface area contributed by atoms with Crippen LogP contribution in [0.4, 0.5) is 0 Å². The molecule has 1 aliphatic heterocycles. The number of carbonyl (C=O) groups excluding carboxylic acids is 3. The molecular formula is C23H28N4O4. The summed E-state index contributed by atoms with van der Waals surface area (Å²) in [5.41, 5.74) is 6.95. The third kappa shape index (κ3) is 5.40. The van der Waals surface area contributed by atoms with Gasteiger partial charge in [-0.25, -0.2) is 0 Å². The molecule has 8 heteroatoms. The summed E-state index contributed by atoms with van der Waals surface area (Å²) in [6, 6.07) is 16.4. The Balaban J connectivity index is 1.78. The standard InChI is InChI=1S/C23H28N4O4/c1-31-19-9-5-8-18(16-19)23(30)27-15-14-26(22(27)21(29)25-13-12-24)20(28)11-10-17-6-3-2-4-7-17/h2-9,16,22H,10-15,24H2,1H3,(H,25,29). The molecule has 1 saturated heterocycles. The lowest BCUT2D eigenvalue weighted by Gasteiger charge is -2.29. The van der Waals surface area contributed by atoms with E-state index in [1.165, 1.54) is 16.9 Å². The van der Waals surface area contributed by atoms with Crippen LogP contribution in [0.1, 0.15) is 22.3 Å². The number of ether oxygens (including phenoxy) is 1. The van der Waals surface area contributed by atoms with Gasteiger partial charge in [0.25, 0.3) is 11.8 Å². The van der Waals surface area contributed by atoms with Crippen LogP contribution >= 0.6 is 0 Å². The van der Waals surface area contributed by atoms with Crippen molar-refractivity contribution in [3.63, 3.8) is 0 Å². The molecule has 0 saturated carbocycles. The normalized spacial score (nSPS) is 15.6. The summed E-state index contributed by atoms with van der Waals surface area (Å²) in [6.07, 6.45) is -0.184. The van der Waals surface area contributed by atoms with Crippen molar-refractivity contribution in [2.24, 2.45) is 5.73 Å². The maximum absolute atomic E-state index is 13.2. The van der Waals surface area contributed by atoms with E-state index in [0.717, 1.165) is 5.56 Å². The Morgan fingerprint density at radius 1 is 1.06 bits per heavy atom. The van der Waals surface area contributed by atoms with Crippen molar-refractivity contribution in [2.45, 2.75) is 19.0 Å². The molecule has 2 aromatic carbocycles. The maximum Gasteiger partial charge on any atom is 0.263 e. The van der Waals surface area contributed by atoms with E-state index in [2.05, 4.69) is 5.32 Å². The van der Waals surface area contributed by atoms with E-state index < -0.39 is 12.1 Å². The summed E-state index contributed by atoms with van der Waals surface area (Å²) in [4.78, 5) is 41.9. The van der Waals surface area contributed by atoms with Gasteiger partial charge in [-0.2, -0.15) is 0 Å². The number of nitrogens with two attached hydrogens (primary N) is 1. The van der Waals surface area contributed by atoms with Crippen LogP contribution in [0, 0.1) is 0 Å². The van der Waals surface area contributed by atoms with Gasteiger partial charge in [-0.1, -0.05) is 36.4 Å². The Kier molecular flexibility index (Phi) is 7.61. The van der Waals surface area contributed by atoms with E-state index in [1.54, 1.807) is 24.3 Å². The first kappa shape index (κ1) is 22.3. The zero-order valence-electron chi connectivity index (χ0n) is 17.6. The molecular weight excluding hydrogens is 396 g/mol. The molecule has 1 aliphatic rings. The molecule has 0 spiro atoms. The highest BCUT2D eigenvalue weighted by molar-refractivity contribution is 5.99. The predicted octanol–water partition coefficient (Wildman–Crippen LogP) is 1.01. The number of amides is 3. The van der Waals surface area contributed by atoms with Crippen LogP contribution in [0.25, 0.3) is 0 Å². The molecule has 8 nitrogen and oxygen atoms in total. The summed E-state index contributed by atoms with van der Waals surface area (Å²) in [5.74, 6) is -0.361. The van der Waals surface area contributed by atoms with Gasteiger partial charge in [0.05, 0.1) is 7.11 Å². The first-order valence-corrected chi connectivity index (χ1v) is 10.3. The molecule has 0 aliphatic carbocycles. The average Bonchev–Trinajstić information content (AvgIpc) is 3.26. The summed E-state index contributed by atoms with van der Waals surface area (Å²) in [7, 11) is 1.52. The Morgan fingerprint density at radius 3 is 2.52 bits per heavy atom. The number of carbonyl (C=O) groups is 3.